The second-order valence-corrected chi connectivity index (χ2v) is 5.36. The topological polar surface area (TPSA) is 97.5 Å². The molecule has 24 heavy (non-hydrogen) atoms. The van der Waals surface area contributed by atoms with E-state index in [-0.39, 0.29) is 18.2 Å². The maximum Gasteiger partial charge on any atom is 0.339 e. The number of nitrogens with zero attached hydrogens (tertiary/aromatic N) is 3. The van der Waals surface area contributed by atoms with Crippen LogP contribution in [-0.2, 0) is 6.61 Å². The fourth-order valence-electron chi connectivity index (χ4n) is 2.68. The number of aromatic nitrogens is 3. The third-order valence-corrected chi connectivity index (χ3v) is 3.96. The first kappa shape index (κ1) is 15.9. The lowest BCUT2D eigenvalue weighted by Gasteiger charge is -2.20. The van der Waals surface area contributed by atoms with E-state index >= 15 is 0 Å². The van der Waals surface area contributed by atoms with Crippen molar-refractivity contribution in [2.24, 2.45) is 0 Å². The number of carboxylic acid groups (broad SMARTS) is 1. The van der Waals surface area contributed by atoms with Crippen LogP contribution in [0.3, 0.4) is 0 Å². The van der Waals surface area contributed by atoms with E-state index in [0.29, 0.717) is 23.1 Å². The summed E-state index contributed by atoms with van der Waals surface area (Å²) < 4.78 is 7.12. The van der Waals surface area contributed by atoms with E-state index in [1.807, 2.05) is 29.8 Å². The highest BCUT2D eigenvalue weighted by atomic mass is 16.5. The number of hydrogen-bond donors (Lipinski definition) is 2. The lowest BCUT2D eigenvalue weighted by molar-refractivity contribution is 0.0693. The summed E-state index contributed by atoms with van der Waals surface area (Å²) >= 11 is 0. The van der Waals surface area contributed by atoms with E-state index in [0.717, 1.165) is 5.56 Å². The average molecular weight is 327 g/mol. The Morgan fingerprint density at radius 3 is 2.79 bits per heavy atom. The molecular formula is C17H17N3O4. The summed E-state index contributed by atoms with van der Waals surface area (Å²) in [6.45, 7) is 1.76. The predicted molar refractivity (Wildman–Crippen MR) is 86.3 cm³/mol. The molecule has 2 aliphatic heterocycles. The minimum atomic E-state index is -1.03. The molecule has 0 saturated heterocycles. The Hall–Kier alpha value is -2.93. The molecule has 1 unspecified atom stereocenters. The van der Waals surface area contributed by atoms with Crippen LogP contribution in [0.1, 0.15) is 34.7 Å². The van der Waals surface area contributed by atoms with Gasteiger partial charge in [0.25, 0.3) is 0 Å². The number of hydrogen-bond acceptors (Lipinski definition) is 5. The zero-order valence-corrected chi connectivity index (χ0v) is 13.3. The van der Waals surface area contributed by atoms with Crippen LogP contribution in [0.25, 0.3) is 11.5 Å². The first-order valence-corrected chi connectivity index (χ1v) is 7.40. The molecule has 0 radical (unpaired) electrons. The second-order valence-electron chi connectivity index (χ2n) is 5.36. The summed E-state index contributed by atoms with van der Waals surface area (Å²) in [5, 5.41) is 18.4. The molecule has 1 atom stereocenters. The SMILES string of the molecule is COc1cc(C(C)n2cccc3nc(CO)nc2-3)ccc1C(=O)O. The molecule has 2 heterocycles. The molecule has 1 aromatic carbocycles. The van der Waals surface area contributed by atoms with Crippen LogP contribution in [0.2, 0.25) is 0 Å². The van der Waals surface area contributed by atoms with Crippen LogP contribution in [0.5, 0.6) is 5.75 Å². The first-order valence-electron chi connectivity index (χ1n) is 7.40. The zero-order chi connectivity index (χ0) is 17.3. The number of rotatable bonds is 5. The van der Waals surface area contributed by atoms with Crippen molar-refractivity contribution in [3.05, 3.63) is 53.5 Å². The number of aliphatic hydroxyl groups excluding tert-OH is 1. The number of fused-ring (bicyclic) bond motifs is 1. The molecular weight excluding hydrogens is 310 g/mol. The van der Waals surface area contributed by atoms with Crippen molar-refractivity contribution in [3.8, 4) is 17.3 Å². The lowest BCUT2D eigenvalue weighted by atomic mass is 10.0. The molecule has 2 N–H and O–H groups in total. The quantitative estimate of drug-likeness (QED) is 0.745. The highest BCUT2D eigenvalue weighted by Gasteiger charge is 2.19. The molecule has 0 saturated carbocycles. The molecule has 7 nitrogen and oxygen atoms in total. The van der Waals surface area contributed by atoms with Crippen LogP contribution < -0.4 is 4.74 Å². The van der Waals surface area contributed by atoms with Crippen LogP contribution >= 0.6 is 0 Å². The summed E-state index contributed by atoms with van der Waals surface area (Å²) in [4.78, 5) is 19.8. The van der Waals surface area contributed by atoms with Crippen molar-refractivity contribution in [3.63, 3.8) is 0 Å². The second kappa shape index (κ2) is 6.29. The molecule has 3 rings (SSSR count). The Morgan fingerprint density at radius 1 is 1.33 bits per heavy atom. The summed E-state index contributed by atoms with van der Waals surface area (Å²) in [6.07, 6.45) is 1.88. The maximum absolute atomic E-state index is 11.2. The molecule has 124 valence electrons. The molecule has 0 aliphatic carbocycles. The third kappa shape index (κ3) is 2.69. The van der Waals surface area contributed by atoms with Crippen molar-refractivity contribution in [2.75, 3.05) is 7.11 Å². The lowest BCUT2D eigenvalue weighted by Crippen LogP contribution is -2.11. The summed E-state index contributed by atoms with van der Waals surface area (Å²) in [5.41, 5.74) is 1.69. The van der Waals surface area contributed by atoms with Crippen molar-refractivity contribution >= 4 is 5.97 Å². The van der Waals surface area contributed by atoms with Gasteiger partial charge in [0, 0.05) is 6.20 Å². The van der Waals surface area contributed by atoms with E-state index in [4.69, 9.17) is 4.74 Å². The van der Waals surface area contributed by atoms with E-state index in [1.165, 1.54) is 13.2 Å². The van der Waals surface area contributed by atoms with Gasteiger partial charge in [-0.05, 0) is 36.8 Å². The number of imidazole rings is 1. The fourth-order valence-corrected chi connectivity index (χ4v) is 2.68. The molecule has 1 aromatic rings. The molecule has 7 heteroatoms. The number of aliphatic hydroxyl groups is 1. The highest BCUT2D eigenvalue weighted by Crippen LogP contribution is 2.29. The number of benzene rings is 1. The van der Waals surface area contributed by atoms with Gasteiger partial charge in [-0.3, -0.25) is 0 Å². The Labute approximate surface area is 138 Å². The standard InChI is InChI=1S/C17H17N3O4/c1-10(11-5-6-12(17(22)23)14(8-11)24-2)20-7-3-4-13-16(20)19-15(9-21)18-13/h3-8,10,21H,9H2,1-2H3,(H,22,23). The van der Waals surface area contributed by atoms with Gasteiger partial charge in [0.2, 0.25) is 0 Å². The van der Waals surface area contributed by atoms with E-state index in [1.54, 1.807) is 12.1 Å². The van der Waals surface area contributed by atoms with Crippen molar-refractivity contribution in [2.45, 2.75) is 19.6 Å². The van der Waals surface area contributed by atoms with Gasteiger partial charge in [-0.15, -0.1) is 0 Å². The van der Waals surface area contributed by atoms with Crippen molar-refractivity contribution < 1.29 is 19.7 Å². The van der Waals surface area contributed by atoms with Gasteiger partial charge >= 0.3 is 5.97 Å². The highest BCUT2D eigenvalue weighted by molar-refractivity contribution is 5.91. The van der Waals surface area contributed by atoms with Crippen molar-refractivity contribution in [1.82, 2.24) is 14.5 Å². The largest absolute Gasteiger partial charge is 0.496 e. The van der Waals surface area contributed by atoms with Crippen LogP contribution in [0.4, 0.5) is 0 Å². The van der Waals surface area contributed by atoms with Crippen LogP contribution in [0, 0.1) is 0 Å². The van der Waals surface area contributed by atoms with Gasteiger partial charge in [-0.2, -0.15) is 0 Å². The zero-order valence-electron chi connectivity index (χ0n) is 13.3. The number of pyridine rings is 1. The van der Waals surface area contributed by atoms with E-state index in [2.05, 4.69) is 9.97 Å². The number of aromatic carboxylic acids is 1. The molecule has 0 fully saturated rings. The smallest absolute Gasteiger partial charge is 0.339 e. The normalized spacial score (nSPS) is 12.3. The summed E-state index contributed by atoms with van der Waals surface area (Å²) in [5.74, 6) is 0.311. The van der Waals surface area contributed by atoms with Gasteiger partial charge in [0.05, 0.1) is 13.2 Å². The minimum Gasteiger partial charge on any atom is -0.496 e. The fraction of sp³-hybridized carbons (Fsp3) is 0.235. The Morgan fingerprint density at radius 2 is 2.12 bits per heavy atom. The Balaban J connectivity index is 2.05. The number of carboxylic acids is 1. The van der Waals surface area contributed by atoms with Gasteiger partial charge in [-0.25, -0.2) is 14.8 Å². The monoisotopic (exact) mass is 327 g/mol. The third-order valence-electron chi connectivity index (χ3n) is 3.96. The van der Waals surface area contributed by atoms with Crippen LogP contribution in [0.15, 0.2) is 36.5 Å². The molecule has 0 aromatic heterocycles. The Bertz CT molecular complexity index is 859. The van der Waals surface area contributed by atoms with E-state index in [9.17, 15) is 15.0 Å². The first-order chi connectivity index (χ1) is 11.5. The van der Waals surface area contributed by atoms with Gasteiger partial charge < -0.3 is 19.5 Å². The summed E-state index contributed by atoms with van der Waals surface area (Å²) in [7, 11) is 1.44. The summed E-state index contributed by atoms with van der Waals surface area (Å²) in [6, 6.07) is 8.57. The predicted octanol–water partition coefficient (Wildman–Crippen LogP) is 2.19. The number of methoxy groups -OCH3 is 1. The molecule has 0 spiro atoms. The maximum atomic E-state index is 11.2. The van der Waals surface area contributed by atoms with Gasteiger partial charge in [0.15, 0.2) is 11.6 Å². The number of carbonyl (C=O) groups is 1. The molecule has 2 aliphatic rings. The Kier molecular flexibility index (Phi) is 4.18. The number of ether oxygens (including phenoxy) is 1. The van der Waals surface area contributed by atoms with Gasteiger partial charge in [-0.1, -0.05) is 6.07 Å². The van der Waals surface area contributed by atoms with Crippen molar-refractivity contribution in [1.29, 1.82) is 0 Å². The minimum absolute atomic E-state index is 0.117. The van der Waals surface area contributed by atoms with Gasteiger partial charge in [0.1, 0.15) is 23.6 Å². The molecule has 0 bridgehead atoms. The van der Waals surface area contributed by atoms with E-state index < -0.39 is 5.97 Å². The average Bonchev–Trinajstić information content (AvgIpc) is 3.03. The van der Waals surface area contributed by atoms with Crippen LogP contribution in [-0.4, -0.2) is 37.8 Å². The molecule has 0 amide bonds.